The average molecular weight is 351 g/mol. The molecule has 2 aromatic rings. The van der Waals surface area contributed by atoms with Crippen LogP contribution in [0.5, 0.6) is 0 Å². The van der Waals surface area contributed by atoms with Crippen LogP contribution in [-0.4, -0.2) is 31.1 Å². The number of hydrogen-bond donors (Lipinski definition) is 1. The summed E-state index contributed by atoms with van der Waals surface area (Å²) in [5.74, 6) is -0.233. The van der Waals surface area contributed by atoms with Crippen LogP contribution in [0.15, 0.2) is 42.5 Å². The molecule has 0 spiro atoms. The standard InChI is InChI=1S/C17H17ClFN3O2/c18-17-6-5-16(22(23)24)11-13(17)12-20-7-9-21(10-8-20)15-3-1-14(19)2-4-15/h1-6,11H,7-10,12H2/p+1. The smallest absolute Gasteiger partial charge is 0.270 e. The Kier molecular flexibility index (Phi) is 4.97. The minimum atomic E-state index is -0.401. The highest BCUT2D eigenvalue weighted by atomic mass is 35.5. The van der Waals surface area contributed by atoms with Gasteiger partial charge in [-0.1, -0.05) is 11.6 Å². The van der Waals surface area contributed by atoms with Gasteiger partial charge in [-0.2, -0.15) is 0 Å². The normalized spacial score (nSPS) is 15.5. The van der Waals surface area contributed by atoms with Gasteiger partial charge in [0.15, 0.2) is 0 Å². The van der Waals surface area contributed by atoms with Gasteiger partial charge < -0.3 is 9.80 Å². The Balaban J connectivity index is 1.62. The highest BCUT2D eigenvalue weighted by Gasteiger charge is 2.22. The number of hydrogen-bond acceptors (Lipinski definition) is 3. The van der Waals surface area contributed by atoms with Gasteiger partial charge in [0, 0.05) is 28.4 Å². The fraction of sp³-hybridized carbons (Fsp3) is 0.294. The number of anilines is 1. The van der Waals surface area contributed by atoms with Crippen molar-refractivity contribution >= 4 is 23.0 Å². The molecule has 1 heterocycles. The van der Waals surface area contributed by atoms with Crippen LogP contribution in [-0.2, 0) is 6.54 Å². The molecule has 2 aromatic carbocycles. The lowest BCUT2D eigenvalue weighted by atomic mass is 10.1. The first-order valence-corrected chi connectivity index (χ1v) is 8.17. The van der Waals surface area contributed by atoms with Gasteiger partial charge in [0.1, 0.15) is 12.4 Å². The second kappa shape index (κ2) is 7.15. The molecule has 1 fully saturated rings. The van der Waals surface area contributed by atoms with Gasteiger partial charge in [-0.3, -0.25) is 10.1 Å². The van der Waals surface area contributed by atoms with E-state index in [1.165, 1.54) is 23.1 Å². The second-order valence-electron chi connectivity index (χ2n) is 5.92. The van der Waals surface area contributed by atoms with Crippen LogP contribution in [0.4, 0.5) is 15.8 Å². The van der Waals surface area contributed by atoms with E-state index in [2.05, 4.69) is 4.90 Å². The summed E-state index contributed by atoms with van der Waals surface area (Å²) >= 11 is 6.18. The number of non-ortho nitro benzene ring substituents is 1. The Hall–Kier alpha value is -2.18. The highest BCUT2D eigenvalue weighted by Crippen LogP contribution is 2.21. The topological polar surface area (TPSA) is 50.8 Å². The van der Waals surface area contributed by atoms with Crippen molar-refractivity contribution in [1.82, 2.24) is 0 Å². The molecule has 1 saturated heterocycles. The zero-order valence-electron chi connectivity index (χ0n) is 13.0. The van der Waals surface area contributed by atoms with E-state index >= 15 is 0 Å². The minimum absolute atomic E-state index is 0.0683. The van der Waals surface area contributed by atoms with Crippen LogP contribution in [0.1, 0.15) is 5.56 Å². The largest absolute Gasteiger partial charge is 0.360 e. The van der Waals surface area contributed by atoms with Crippen LogP contribution >= 0.6 is 11.6 Å². The zero-order valence-corrected chi connectivity index (χ0v) is 13.8. The van der Waals surface area contributed by atoms with Crippen molar-refractivity contribution < 1.29 is 14.2 Å². The van der Waals surface area contributed by atoms with Crippen molar-refractivity contribution in [2.45, 2.75) is 6.54 Å². The Labute approximate surface area is 144 Å². The average Bonchev–Trinajstić information content (AvgIpc) is 2.58. The lowest BCUT2D eigenvalue weighted by molar-refractivity contribution is -0.914. The number of nitro groups is 1. The summed E-state index contributed by atoms with van der Waals surface area (Å²) in [5, 5.41) is 11.5. The maximum atomic E-state index is 13.0. The number of quaternary nitrogens is 1. The van der Waals surface area contributed by atoms with E-state index in [1.54, 1.807) is 24.3 Å². The van der Waals surface area contributed by atoms with E-state index in [1.807, 2.05) is 0 Å². The van der Waals surface area contributed by atoms with Crippen molar-refractivity contribution in [2.75, 3.05) is 31.1 Å². The molecule has 0 radical (unpaired) electrons. The van der Waals surface area contributed by atoms with Crippen LogP contribution in [0.25, 0.3) is 0 Å². The number of piperazine rings is 1. The molecule has 0 aliphatic carbocycles. The molecule has 3 rings (SSSR count). The molecule has 0 atom stereocenters. The molecule has 0 aromatic heterocycles. The van der Waals surface area contributed by atoms with Gasteiger partial charge in [0.2, 0.25) is 0 Å². The van der Waals surface area contributed by atoms with E-state index in [0.717, 1.165) is 37.4 Å². The quantitative estimate of drug-likeness (QED) is 0.680. The van der Waals surface area contributed by atoms with Crippen LogP contribution in [0.3, 0.4) is 0 Å². The van der Waals surface area contributed by atoms with Crippen LogP contribution in [0, 0.1) is 15.9 Å². The maximum Gasteiger partial charge on any atom is 0.270 e. The van der Waals surface area contributed by atoms with Crippen molar-refractivity contribution in [2.24, 2.45) is 0 Å². The molecule has 0 unspecified atom stereocenters. The monoisotopic (exact) mass is 350 g/mol. The Morgan fingerprint density at radius 2 is 1.83 bits per heavy atom. The third-order valence-corrected chi connectivity index (χ3v) is 4.71. The number of benzene rings is 2. The predicted octanol–water partition coefficient (Wildman–Crippen LogP) is 2.29. The Morgan fingerprint density at radius 1 is 1.17 bits per heavy atom. The van der Waals surface area contributed by atoms with Gasteiger partial charge in [0.05, 0.1) is 31.1 Å². The fourth-order valence-corrected chi connectivity index (χ4v) is 3.17. The van der Waals surface area contributed by atoms with Crippen molar-refractivity contribution in [3.63, 3.8) is 0 Å². The number of nitrogens with zero attached hydrogens (tertiary/aromatic N) is 2. The van der Waals surface area contributed by atoms with E-state index in [-0.39, 0.29) is 11.5 Å². The fourth-order valence-electron chi connectivity index (χ4n) is 2.99. The molecule has 0 amide bonds. The van der Waals surface area contributed by atoms with Crippen LogP contribution in [0.2, 0.25) is 5.02 Å². The van der Waals surface area contributed by atoms with Gasteiger partial charge in [-0.25, -0.2) is 4.39 Å². The van der Waals surface area contributed by atoms with E-state index in [9.17, 15) is 14.5 Å². The molecule has 24 heavy (non-hydrogen) atoms. The molecule has 1 aliphatic rings. The lowest BCUT2D eigenvalue weighted by Crippen LogP contribution is -3.13. The summed E-state index contributed by atoms with van der Waals surface area (Å²) in [6.45, 7) is 4.17. The van der Waals surface area contributed by atoms with E-state index in [0.29, 0.717) is 11.6 Å². The number of nitro benzene ring substituents is 1. The molecule has 1 aliphatic heterocycles. The number of nitrogens with one attached hydrogen (secondary N) is 1. The molecule has 1 N–H and O–H groups in total. The van der Waals surface area contributed by atoms with Gasteiger partial charge in [-0.05, 0) is 30.3 Å². The van der Waals surface area contributed by atoms with Crippen molar-refractivity contribution in [3.8, 4) is 0 Å². The van der Waals surface area contributed by atoms with Gasteiger partial charge >= 0.3 is 0 Å². The van der Waals surface area contributed by atoms with E-state index in [4.69, 9.17) is 11.6 Å². The van der Waals surface area contributed by atoms with E-state index < -0.39 is 4.92 Å². The number of rotatable bonds is 4. The Morgan fingerprint density at radius 3 is 2.46 bits per heavy atom. The number of halogens is 2. The third kappa shape index (κ3) is 3.83. The van der Waals surface area contributed by atoms with Gasteiger partial charge in [-0.15, -0.1) is 0 Å². The van der Waals surface area contributed by atoms with Crippen molar-refractivity contribution in [1.29, 1.82) is 0 Å². The first-order valence-electron chi connectivity index (χ1n) is 7.80. The zero-order chi connectivity index (χ0) is 17.1. The molecular weight excluding hydrogens is 333 g/mol. The SMILES string of the molecule is O=[N+]([O-])c1ccc(Cl)c(C[NH+]2CCN(c3ccc(F)cc3)CC2)c1. The first kappa shape index (κ1) is 16.7. The van der Waals surface area contributed by atoms with Crippen molar-refractivity contribution in [3.05, 3.63) is 69.0 Å². The third-order valence-electron chi connectivity index (χ3n) is 4.34. The molecule has 126 valence electrons. The maximum absolute atomic E-state index is 13.0. The molecule has 0 saturated carbocycles. The molecule has 7 heteroatoms. The summed E-state index contributed by atoms with van der Waals surface area (Å²) in [5.41, 5.74) is 1.89. The van der Waals surface area contributed by atoms with Crippen LogP contribution < -0.4 is 9.80 Å². The lowest BCUT2D eigenvalue weighted by Gasteiger charge is -2.33. The Bertz CT molecular complexity index is 731. The molecule has 0 bridgehead atoms. The summed E-state index contributed by atoms with van der Waals surface area (Å²) in [6, 6.07) is 11.1. The summed E-state index contributed by atoms with van der Waals surface area (Å²) < 4.78 is 13.0. The second-order valence-corrected chi connectivity index (χ2v) is 6.33. The molecular formula is C17H18ClFN3O2+. The molecule has 5 nitrogen and oxygen atoms in total. The highest BCUT2D eigenvalue weighted by molar-refractivity contribution is 6.31. The predicted molar refractivity (Wildman–Crippen MR) is 91.1 cm³/mol. The minimum Gasteiger partial charge on any atom is -0.360 e. The first-order chi connectivity index (χ1) is 11.5. The summed E-state index contributed by atoms with van der Waals surface area (Å²) in [4.78, 5) is 14.1. The van der Waals surface area contributed by atoms with Gasteiger partial charge in [0.25, 0.3) is 5.69 Å². The summed E-state index contributed by atoms with van der Waals surface area (Å²) in [7, 11) is 0. The summed E-state index contributed by atoms with van der Waals surface area (Å²) in [6.07, 6.45) is 0.